The average molecular weight is 282 g/mol. The van der Waals surface area contributed by atoms with Crippen LogP contribution < -0.4 is 10.5 Å². The molecule has 0 bridgehead atoms. The molecule has 1 rings (SSSR count). The number of nitrogens with two attached hydrogens (primary N) is 1. The largest absolute Gasteiger partial charge is 0.374 e. The summed E-state index contributed by atoms with van der Waals surface area (Å²) in [5, 5.41) is 7.16. The van der Waals surface area contributed by atoms with Gasteiger partial charge in [-0.25, -0.2) is 13.1 Å². The van der Waals surface area contributed by atoms with Gasteiger partial charge in [-0.15, -0.1) is 10.2 Å². The van der Waals surface area contributed by atoms with Gasteiger partial charge in [0.05, 0.1) is 0 Å². The van der Waals surface area contributed by atoms with E-state index in [-0.39, 0.29) is 15.5 Å². The van der Waals surface area contributed by atoms with E-state index in [1.165, 1.54) is 0 Å². The molecular weight excluding hydrogens is 268 g/mol. The van der Waals surface area contributed by atoms with E-state index in [0.29, 0.717) is 0 Å². The predicted molar refractivity (Wildman–Crippen MR) is 67.1 cm³/mol. The summed E-state index contributed by atoms with van der Waals surface area (Å²) in [5.41, 5.74) is 5.35. The molecule has 0 aliphatic heterocycles. The normalized spacial score (nSPS) is 13.9. The lowest BCUT2D eigenvalue weighted by Crippen LogP contribution is -2.36. The van der Waals surface area contributed by atoms with E-state index >= 15 is 0 Å². The molecule has 0 aliphatic carbocycles. The lowest BCUT2D eigenvalue weighted by Gasteiger charge is -2.13. The maximum absolute atomic E-state index is 11.8. The highest BCUT2D eigenvalue weighted by atomic mass is 32.2. The average Bonchev–Trinajstić information content (AvgIpc) is 2.64. The molecule has 1 aromatic heterocycles. The SMILES string of the molecule is CCC(CSC)NS(=O)(=O)c1nnc(N)s1. The molecule has 0 saturated carbocycles. The Balaban J connectivity index is 2.78. The second-order valence-electron chi connectivity index (χ2n) is 3.09. The molecule has 16 heavy (non-hydrogen) atoms. The van der Waals surface area contributed by atoms with Crippen molar-refractivity contribution < 1.29 is 8.42 Å². The Hall–Kier alpha value is -0.380. The van der Waals surface area contributed by atoms with Gasteiger partial charge in [-0.2, -0.15) is 11.8 Å². The van der Waals surface area contributed by atoms with Gasteiger partial charge in [0.15, 0.2) is 0 Å². The van der Waals surface area contributed by atoms with Crippen LogP contribution in [-0.4, -0.2) is 36.7 Å². The van der Waals surface area contributed by atoms with Gasteiger partial charge in [-0.3, -0.25) is 0 Å². The molecule has 1 heterocycles. The Bertz CT molecular complexity index is 431. The number of hydrogen-bond donors (Lipinski definition) is 2. The van der Waals surface area contributed by atoms with Crippen LogP contribution >= 0.6 is 23.1 Å². The van der Waals surface area contributed by atoms with Crippen molar-refractivity contribution in [3.8, 4) is 0 Å². The molecule has 0 spiro atoms. The van der Waals surface area contributed by atoms with Crippen molar-refractivity contribution in [2.24, 2.45) is 0 Å². The van der Waals surface area contributed by atoms with E-state index in [1.54, 1.807) is 11.8 Å². The summed E-state index contributed by atoms with van der Waals surface area (Å²) in [7, 11) is -3.57. The topological polar surface area (TPSA) is 98.0 Å². The summed E-state index contributed by atoms with van der Waals surface area (Å²) in [6.45, 7) is 1.93. The maximum Gasteiger partial charge on any atom is 0.270 e. The second-order valence-corrected chi connectivity index (χ2v) is 6.90. The fraction of sp³-hybridized carbons (Fsp3) is 0.714. The Kier molecular flexibility index (Phi) is 4.96. The van der Waals surface area contributed by atoms with Crippen molar-refractivity contribution in [2.45, 2.75) is 23.7 Å². The predicted octanol–water partition coefficient (Wildman–Crippen LogP) is 0.540. The van der Waals surface area contributed by atoms with Crippen molar-refractivity contribution in [3.05, 3.63) is 0 Å². The third-order valence-electron chi connectivity index (χ3n) is 1.83. The number of aromatic nitrogens is 2. The number of rotatable bonds is 6. The van der Waals surface area contributed by atoms with E-state index in [2.05, 4.69) is 14.9 Å². The molecule has 0 amide bonds. The minimum atomic E-state index is -3.57. The third-order valence-corrected chi connectivity index (χ3v) is 5.21. The Labute approximate surface area is 103 Å². The Morgan fingerprint density at radius 3 is 2.69 bits per heavy atom. The zero-order chi connectivity index (χ0) is 12.2. The van der Waals surface area contributed by atoms with Crippen LogP contribution in [-0.2, 0) is 10.0 Å². The van der Waals surface area contributed by atoms with E-state index in [0.717, 1.165) is 23.5 Å². The molecule has 0 aromatic carbocycles. The third kappa shape index (κ3) is 3.58. The summed E-state index contributed by atoms with van der Waals surface area (Å²) in [4.78, 5) is 0. The molecule has 0 aliphatic rings. The molecule has 92 valence electrons. The lowest BCUT2D eigenvalue weighted by molar-refractivity contribution is 0.556. The first-order chi connectivity index (χ1) is 7.49. The quantitative estimate of drug-likeness (QED) is 0.790. The molecule has 1 unspecified atom stereocenters. The van der Waals surface area contributed by atoms with Gasteiger partial charge >= 0.3 is 0 Å². The first-order valence-corrected chi connectivity index (χ1v) is 8.29. The number of nitrogens with one attached hydrogen (secondary N) is 1. The van der Waals surface area contributed by atoms with Gasteiger partial charge in [0.1, 0.15) is 0 Å². The smallest absolute Gasteiger partial charge is 0.270 e. The van der Waals surface area contributed by atoms with Crippen molar-refractivity contribution in [2.75, 3.05) is 17.7 Å². The van der Waals surface area contributed by atoms with Crippen molar-refractivity contribution in [1.82, 2.24) is 14.9 Å². The van der Waals surface area contributed by atoms with E-state index in [9.17, 15) is 8.42 Å². The first-order valence-electron chi connectivity index (χ1n) is 4.59. The van der Waals surface area contributed by atoms with Gasteiger partial charge in [0.2, 0.25) is 9.47 Å². The maximum atomic E-state index is 11.8. The molecular formula is C7H14N4O2S3. The molecule has 9 heteroatoms. The van der Waals surface area contributed by atoms with Gasteiger partial charge in [-0.1, -0.05) is 18.3 Å². The van der Waals surface area contributed by atoms with Crippen LogP contribution in [0, 0.1) is 0 Å². The van der Waals surface area contributed by atoms with Crippen LogP contribution in [0.3, 0.4) is 0 Å². The van der Waals surface area contributed by atoms with Crippen LogP contribution in [0.15, 0.2) is 4.34 Å². The summed E-state index contributed by atoms with van der Waals surface area (Å²) in [6, 6.07) is -0.0925. The molecule has 3 N–H and O–H groups in total. The lowest BCUT2D eigenvalue weighted by atomic mass is 10.3. The number of anilines is 1. The molecule has 1 aromatic rings. The summed E-state index contributed by atoms with van der Waals surface area (Å²) >= 11 is 2.45. The fourth-order valence-corrected chi connectivity index (χ4v) is 3.98. The van der Waals surface area contributed by atoms with Crippen LogP contribution in [0.1, 0.15) is 13.3 Å². The summed E-state index contributed by atoms with van der Waals surface area (Å²) in [6.07, 6.45) is 2.66. The minimum absolute atomic E-state index is 0.0791. The highest BCUT2D eigenvalue weighted by Gasteiger charge is 2.22. The number of nitrogen functional groups attached to an aromatic ring is 1. The van der Waals surface area contributed by atoms with Crippen LogP contribution in [0.5, 0.6) is 0 Å². The Morgan fingerprint density at radius 1 is 1.56 bits per heavy atom. The second kappa shape index (κ2) is 5.80. The van der Waals surface area contributed by atoms with Crippen LogP contribution in [0.4, 0.5) is 5.13 Å². The highest BCUT2D eigenvalue weighted by Crippen LogP contribution is 2.17. The zero-order valence-electron chi connectivity index (χ0n) is 9.00. The summed E-state index contributed by atoms with van der Waals surface area (Å²) < 4.78 is 26.1. The molecule has 0 saturated heterocycles. The zero-order valence-corrected chi connectivity index (χ0v) is 11.5. The van der Waals surface area contributed by atoms with Gasteiger partial charge in [0.25, 0.3) is 10.0 Å². The van der Waals surface area contributed by atoms with Gasteiger partial charge in [0, 0.05) is 11.8 Å². The molecule has 1 atom stereocenters. The Morgan fingerprint density at radius 2 is 2.25 bits per heavy atom. The van der Waals surface area contributed by atoms with Gasteiger partial charge < -0.3 is 5.73 Å². The number of hydrogen-bond acceptors (Lipinski definition) is 7. The van der Waals surface area contributed by atoms with E-state index < -0.39 is 10.0 Å². The standard InChI is InChI=1S/C7H14N4O2S3/c1-3-5(4-14-2)11-16(12,13)7-10-9-6(8)15-7/h5,11H,3-4H2,1-2H3,(H2,8,9). The van der Waals surface area contributed by atoms with Gasteiger partial charge in [-0.05, 0) is 12.7 Å². The van der Waals surface area contributed by atoms with E-state index in [1.807, 2.05) is 13.2 Å². The molecule has 0 radical (unpaired) electrons. The summed E-state index contributed by atoms with van der Waals surface area (Å²) in [5.74, 6) is 0.726. The van der Waals surface area contributed by atoms with E-state index in [4.69, 9.17) is 5.73 Å². The fourth-order valence-electron chi connectivity index (χ4n) is 1.04. The van der Waals surface area contributed by atoms with Crippen molar-refractivity contribution in [1.29, 1.82) is 0 Å². The molecule has 6 nitrogen and oxygen atoms in total. The monoisotopic (exact) mass is 282 g/mol. The van der Waals surface area contributed by atoms with Crippen LogP contribution in [0.25, 0.3) is 0 Å². The minimum Gasteiger partial charge on any atom is -0.374 e. The highest BCUT2D eigenvalue weighted by molar-refractivity contribution is 7.98. The van der Waals surface area contributed by atoms with Crippen molar-refractivity contribution >= 4 is 38.3 Å². The number of nitrogens with zero attached hydrogens (tertiary/aromatic N) is 2. The number of thioether (sulfide) groups is 1. The van der Waals surface area contributed by atoms with Crippen LogP contribution in [0.2, 0.25) is 0 Å². The first kappa shape index (κ1) is 13.7. The van der Waals surface area contributed by atoms with Crippen molar-refractivity contribution in [3.63, 3.8) is 0 Å². The molecule has 0 fully saturated rings. The number of sulfonamides is 1.